The second-order valence-corrected chi connectivity index (χ2v) is 11.3. The van der Waals surface area contributed by atoms with Crippen LogP contribution in [0, 0.1) is 26.0 Å². The summed E-state index contributed by atoms with van der Waals surface area (Å²) in [6, 6.07) is 39.8. The molecule has 0 N–H and O–H groups in total. The number of para-hydroxylation sites is 1. The van der Waals surface area contributed by atoms with E-state index in [4.69, 9.17) is 4.98 Å². The van der Waals surface area contributed by atoms with E-state index in [1.54, 1.807) is 17.3 Å². The third-order valence-electron chi connectivity index (χ3n) is 8.73. The summed E-state index contributed by atoms with van der Waals surface area (Å²) >= 11 is 0. The van der Waals surface area contributed by atoms with Gasteiger partial charge in [-0.2, -0.15) is 0 Å². The standard InChI is InChI=1S/C27H25N2.C11H8N.Ir/c1-17-7-6-8-18(2)26(17)29-25-16-23-20-13-11-19(12-14-20)22(23)15-24(25)28-27(29)21-9-4-3-5-10-21;1-2-6-10(7-3-1)11-8-4-5-9-12-11;/h3-9,15-16,19-20H,11-14H2,1-2H3;1-6,8-9H;/q2*-1;. The predicted octanol–water partition coefficient (Wildman–Crippen LogP) is 9.41. The molecule has 0 spiro atoms. The first-order valence-corrected chi connectivity index (χ1v) is 14.7. The van der Waals surface area contributed by atoms with E-state index in [9.17, 15) is 0 Å². The van der Waals surface area contributed by atoms with Gasteiger partial charge in [-0.25, -0.2) is 0 Å². The summed E-state index contributed by atoms with van der Waals surface area (Å²) in [5, 5.41) is 0. The fourth-order valence-electron chi connectivity index (χ4n) is 6.75. The third kappa shape index (κ3) is 5.26. The van der Waals surface area contributed by atoms with Crippen molar-refractivity contribution in [1.82, 2.24) is 14.5 Å². The van der Waals surface area contributed by atoms with Crippen LogP contribution in [0.15, 0.2) is 103 Å². The molecule has 0 unspecified atom stereocenters. The summed E-state index contributed by atoms with van der Waals surface area (Å²) in [7, 11) is 0. The molecular weight excluding hydrogens is 691 g/mol. The Hall–Kier alpha value is -3.85. The van der Waals surface area contributed by atoms with Crippen molar-refractivity contribution in [2.45, 2.75) is 51.4 Å². The van der Waals surface area contributed by atoms with Crippen molar-refractivity contribution in [3.05, 3.63) is 138 Å². The van der Waals surface area contributed by atoms with Gasteiger partial charge in [-0.3, -0.25) is 4.98 Å². The van der Waals surface area contributed by atoms with E-state index in [1.165, 1.54) is 48.0 Å². The van der Waals surface area contributed by atoms with Gasteiger partial charge in [0.15, 0.2) is 0 Å². The molecule has 2 heterocycles. The second-order valence-electron chi connectivity index (χ2n) is 11.3. The maximum Gasteiger partial charge on any atom is 0.0777 e. The zero-order valence-electron chi connectivity index (χ0n) is 24.0. The Kier molecular flexibility index (Phi) is 8.20. The van der Waals surface area contributed by atoms with E-state index < -0.39 is 0 Å². The molecule has 0 amide bonds. The fourth-order valence-corrected chi connectivity index (χ4v) is 6.75. The molecule has 0 aliphatic heterocycles. The van der Waals surface area contributed by atoms with Crippen molar-refractivity contribution < 1.29 is 20.1 Å². The number of aromatic nitrogens is 3. The van der Waals surface area contributed by atoms with Gasteiger partial charge in [0, 0.05) is 32.0 Å². The molecule has 42 heavy (non-hydrogen) atoms. The quantitative estimate of drug-likeness (QED) is 0.171. The molecule has 3 nitrogen and oxygen atoms in total. The van der Waals surface area contributed by atoms with Crippen molar-refractivity contribution in [3.8, 4) is 28.3 Å². The van der Waals surface area contributed by atoms with E-state index in [0.29, 0.717) is 0 Å². The van der Waals surface area contributed by atoms with Gasteiger partial charge >= 0.3 is 0 Å². The predicted molar refractivity (Wildman–Crippen MR) is 167 cm³/mol. The summed E-state index contributed by atoms with van der Waals surface area (Å²) < 4.78 is 2.38. The first kappa shape index (κ1) is 28.3. The number of imidazole rings is 1. The average molecular weight is 724 g/mol. The number of hydrogen-bond acceptors (Lipinski definition) is 2. The number of fused-ring (bicyclic) bond motifs is 3. The zero-order valence-corrected chi connectivity index (χ0v) is 26.4. The largest absolute Gasteiger partial charge is 0.333 e. The monoisotopic (exact) mass is 724 g/mol. The Morgan fingerprint density at radius 3 is 1.90 bits per heavy atom. The molecule has 2 bridgehead atoms. The number of rotatable bonds is 3. The van der Waals surface area contributed by atoms with Crippen molar-refractivity contribution in [1.29, 1.82) is 0 Å². The number of nitrogens with zero attached hydrogens (tertiary/aromatic N) is 3. The van der Waals surface area contributed by atoms with E-state index in [-0.39, 0.29) is 20.1 Å². The fraction of sp³-hybridized carbons (Fsp3) is 0.211. The molecule has 211 valence electrons. The Balaban J connectivity index is 0.000000205. The minimum absolute atomic E-state index is 0. The summed E-state index contributed by atoms with van der Waals surface area (Å²) in [4.78, 5) is 9.38. The van der Waals surface area contributed by atoms with E-state index in [2.05, 4.69) is 78.0 Å². The van der Waals surface area contributed by atoms with Crippen molar-refractivity contribution in [3.63, 3.8) is 0 Å². The molecule has 1 fully saturated rings. The number of pyridine rings is 1. The van der Waals surface area contributed by atoms with Crippen LogP contribution in [-0.2, 0) is 20.1 Å². The van der Waals surface area contributed by atoms with Gasteiger partial charge in [0.1, 0.15) is 0 Å². The van der Waals surface area contributed by atoms with Gasteiger partial charge in [0.05, 0.1) is 16.9 Å². The summed E-state index contributed by atoms with van der Waals surface area (Å²) in [5.74, 6) is 2.46. The average Bonchev–Trinajstić information content (AvgIpc) is 3.40. The van der Waals surface area contributed by atoms with Gasteiger partial charge in [-0.05, 0) is 97.5 Å². The summed E-state index contributed by atoms with van der Waals surface area (Å²) in [6.45, 7) is 4.40. The molecule has 6 aromatic rings. The van der Waals surface area contributed by atoms with Crippen LogP contribution in [0.4, 0.5) is 0 Å². The van der Waals surface area contributed by atoms with Gasteiger partial charge in [0.2, 0.25) is 0 Å². The van der Waals surface area contributed by atoms with Crippen LogP contribution in [0.5, 0.6) is 0 Å². The molecule has 4 aromatic carbocycles. The third-order valence-corrected chi connectivity index (χ3v) is 8.73. The topological polar surface area (TPSA) is 30.7 Å². The molecule has 1 radical (unpaired) electrons. The molecule has 0 saturated heterocycles. The van der Waals surface area contributed by atoms with Crippen molar-refractivity contribution >= 4 is 11.0 Å². The number of aryl methyl sites for hydroxylation is 2. The van der Waals surface area contributed by atoms with E-state index in [1.807, 2.05) is 54.6 Å². The molecule has 3 aliphatic rings. The maximum absolute atomic E-state index is 5.16. The van der Waals surface area contributed by atoms with Gasteiger partial charge in [0.25, 0.3) is 0 Å². The van der Waals surface area contributed by atoms with Crippen LogP contribution in [0.2, 0.25) is 0 Å². The number of hydrogen-bond donors (Lipinski definition) is 0. The molecular formula is C38H33IrN3-2. The molecule has 1 saturated carbocycles. The van der Waals surface area contributed by atoms with E-state index >= 15 is 0 Å². The Labute approximate surface area is 262 Å². The minimum Gasteiger partial charge on any atom is -0.333 e. The van der Waals surface area contributed by atoms with Crippen molar-refractivity contribution in [2.75, 3.05) is 0 Å². The first-order valence-electron chi connectivity index (χ1n) is 14.7. The van der Waals surface area contributed by atoms with Crippen LogP contribution in [0.25, 0.3) is 39.4 Å². The Bertz CT molecular complexity index is 1740. The van der Waals surface area contributed by atoms with Gasteiger partial charge in [-0.15, -0.1) is 71.8 Å². The summed E-state index contributed by atoms with van der Waals surface area (Å²) in [6.07, 6.45) is 7.18. The Morgan fingerprint density at radius 1 is 0.690 bits per heavy atom. The van der Waals surface area contributed by atoms with Crippen LogP contribution in [0.3, 0.4) is 0 Å². The molecule has 0 atom stereocenters. The Morgan fingerprint density at radius 2 is 1.31 bits per heavy atom. The first-order chi connectivity index (χ1) is 20.2. The molecule has 4 heteroatoms. The number of benzene rings is 4. The SMILES string of the molecule is Cc1cccc(C)c1-n1c(-c2[c-]cccc2)nc2cc3c(cc21)C1CCC3CC1.[Ir].[c-]1ccccc1-c1ccccn1. The zero-order chi connectivity index (χ0) is 27.8. The smallest absolute Gasteiger partial charge is 0.0777 e. The van der Waals surface area contributed by atoms with Crippen LogP contribution < -0.4 is 0 Å². The van der Waals surface area contributed by atoms with Crippen LogP contribution >= 0.6 is 0 Å². The summed E-state index contributed by atoms with van der Waals surface area (Å²) in [5.41, 5.74) is 12.4. The van der Waals surface area contributed by atoms with Gasteiger partial charge < -0.3 is 9.55 Å². The van der Waals surface area contributed by atoms with Crippen molar-refractivity contribution in [2.24, 2.45) is 0 Å². The normalized spacial score (nSPS) is 16.7. The molecule has 3 aliphatic carbocycles. The molecule has 2 aromatic heterocycles. The van der Waals surface area contributed by atoms with Gasteiger partial charge in [-0.1, -0.05) is 30.3 Å². The molecule has 9 rings (SSSR count). The maximum atomic E-state index is 5.16. The van der Waals surface area contributed by atoms with E-state index in [0.717, 1.165) is 40.0 Å². The second kappa shape index (κ2) is 12.2. The minimum atomic E-state index is 0. The van der Waals surface area contributed by atoms with Crippen LogP contribution in [0.1, 0.15) is 59.8 Å². The van der Waals surface area contributed by atoms with Crippen LogP contribution in [-0.4, -0.2) is 14.5 Å².